The first-order valence-electron chi connectivity index (χ1n) is 9.48. The van der Waals surface area contributed by atoms with Crippen LogP contribution in [0.3, 0.4) is 0 Å². The molecule has 2 aromatic rings. The van der Waals surface area contributed by atoms with E-state index in [2.05, 4.69) is 32.9 Å². The van der Waals surface area contributed by atoms with Gasteiger partial charge >= 0.3 is 0 Å². The highest BCUT2D eigenvalue weighted by atomic mass is 127. The van der Waals surface area contributed by atoms with Crippen LogP contribution in [0, 0.1) is 0 Å². The number of guanidine groups is 1. The molecule has 2 N–H and O–H groups in total. The Kier molecular flexibility index (Phi) is 12.1. The summed E-state index contributed by atoms with van der Waals surface area (Å²) in [6.45, 7) is 5.22. The Bertz CT molecular complexity index is 692. The lowest BCUT2D eigenvalue weighted by Gasteiger charge is -2.13. The van der Waals surface area contributed by atoms with Crippen LogP contribution < -0.4 is 20.1 Å². The maximum absolute atomic E-state index is 5.64. The summed E-state index contributed by atoms with van der Waals surface area (Å²) in [7, 11) is 3.45. The minimum absolute atomic E-state index is 0. The van der Waals surface area contributed by atoms with Gasteiger partial charge in [0.1, 0.15) is 0 Å². The predicted octanol–water partition coefficient (Wildman–Crippen LogP) is 3.10. The number of rotatable bonds is 11. The van der Waals surface area contributed by atoms with Gasteiger partial charge in [-0.15, -0.1) is 24.0 Å². The molecular formula is C20H32IN5O2. The van der Waals surface area contributed by atoms with Crippen LogP contribution in [0.1, 0.15) is 25.3 Å². The average molecular weight is 501 g/mol. The van der Waals surface area contributed by atoms with E-state index in [1.54, 1.807) is 20.4 Å². The summed E-state index contributed by atoms with van der Waals surface area (Å²) in [6.07, 6.45) is 6.74. The molecule has 1 aromatic heterocycles. The van der Waals surface area contributed by atoms with Gasteiger partial charge < -0.3 is 20.1 Å². The lowest BCUT2D eigenvalue weighted by Crippen LogP contribution is -2.38. The molecule has 2 rings (SSSR count). The number of aliphatic imine (C=N–C) groups is 1. The zero-order chi connectivity index (χ0) is 19.3. The van der Waals surface area contributed by atoms with Crippen molar-refractivity contribution in [3.05, 3.63) is 42.2 Å². The highest BCUT2D eigenvalue weighted by Gasteiger charge is 2.05. The fourth-order valence-corrected chi connectivity index (χ4v) is 2.75. The Morgan fingerprint density at radius 3 is 2.61 bits per heavy atom. The third-order valence-corrected chi connectivity index (χ3v) is 4.10. The van der Waals surface area contributed by atoms with E-state index in [-0.39, 0.29) is 24.0 Å². The lowest BCUT2D eigenvalue weighted by atomic mass is 10.1. The Labute approximate surface area is 184 Å². The smallest absolute Gasteiger partial charge is 0.190 e. The molecule has 156 valence electrons. The number of aromatic nitrogens is 2. The van der Waals surface area contributed by atoms with Crippen molar-refractivity contribution in [3.8, 4) is 11.5 Å². The fourth-order valence-electron chi connectivity index (χ4n) is 2.75. The molecule has 8 heteroatoms. The summed E-state index contributed by atoms with van der Waals surface area (Å²) in [5, 5.41) is 10.9. The zero-order valence-corrected chi connectivity index (χ0v) is 19.3. The Morgan fingerprint density at radius 2 is 1.96 bits per heavy atom. The molecule has 0 aliphatic heterocycles. The van der Waals surface area contributed by atoms with E-state index in [9.17, 15) is 0 Å². The van der Waals surface area contributed by atoms with Crippen LogP contribution >= 0.6 is 24.0 Å². The summed E-state index contributed by atoms with van der Waals surface area (Å²) < 4.78 is 12.9. The van der Waals surface area contributed by atoms with Gasteiger partial charge in [-0.3, -0.25) is 9.67 Å². The van der Waals surface area contributed by atoms with Crippen LogP contribution in [0.4, 0.5) is 0 Å². The average Bonchev–Trinajstić information content (AvgIpc) is 3.20. The maximum atomic E-state index is 5.64. The van der Waals surface area contributed by atoms with E-state index in [0.717, 1.165) is 56.4 Å². The molecule has 0 aliphatic rings. The molecule has 0 saturated carbocycles. The fraction of sp³-hybridized carbons (Fsp3) is 0.500. The summed E-state index contributed by atoms with van der Waals surface area (Å²) in [5.41, 5.74) is 1.24. The Balaban J connectivity index is 0.00000392. The molecule has 0 atom stereocenters. The molecule has 7 nitrogen and oxygen atoms in total. The SMILES string of the molecule is CCOc1cc(CCCNC(=NC)NCCCn2cccn2)ccc1OC.I. The normalized spacial score (nSPS) is 10.9. The van der Waals surface area contributed by atoms with Gasteiger partial charge in [0.25, 0.3) is 0 Å². The van der Waals surface area contributed by atoms with E-state index in [4.69, 9.17) is 9.47 Å². The van der Waals surface area contributed by atoms with Gasteiger partial charge in [0, 0.05) is 39.1 Å². The molecule has 1 aromatic carbocycles. The summed E-state index contributed by atoms with van der Waals surface area (Å²) in [6, 6.07) is 8.05. The second-order valence-corrected chi connectivity index (χ2v) is 6.07. The molecule has 0 bridgehead atoms. The minimum Gasteiger partial charge on any atom is -0.493 e. The third kappa shape index (κ3) is 8.37. The van der Waals surface area contributed by atoms with Crippen molar-refractivity contribution in [2.45, 2.75) is 32.7 Å². The minimum atomic E-state index is 0. The van der Waals surface area contributed by atoms with Gasteiger partial charge in [-0.2, -0.15) is 5.10 Å². The molecule has 0 amide bonds. The van der Waals surface area contributed by atoms with Gasteiger partial charge in [0.15, 0.2) is 17.5 Å². The molecule has 0 spiro atoms. The van der Waals surface area contributed by atoms with E-state index >= 15 is 0 Å². The van der Waals surface area contributed by atoms with Gasteiger partial charge in [0.2, 0.25) is 0 Å². The molecule has 0 radical (unpaired) electrons. The second-order valence-electron chi connectivity index (χ2n) is 6.07. The number of aryl methyl sites for hydroxylation is 2. The molecule has 28 heavy (non-hydrogen) atoms. The highest BCUT2D eigenvalue weighted by Crippen LogP contribution is 2.28. The zero-order valence-electron chi connectivity index (χ0n) is 17.0. The number of hydrogen-bond acceptors (Lipinski definition) is 4. The van der Waals surface area contributed by atoms with Crippen molar-refractivity contribution in [1.29, 1.82) is 0 Å². The number of halogens is 1. The quantitative estimate of drug-likeness (QED) is 0.214. The number of nitrogens with zero attached hydrogens (tertiary/aromatic N) is 3. The van der Waals surface area contributed by atoms with Crippen LogP contribution in [-0.4, -0.2) is 49.6 Å². The van der Waals surface area contributed by atoms with Crippen LogP contribution in [0.2, 0.25) is 0 Å². The first-order valence-corrected chi connectivity index (χ1v) is 9.48. The Hall–Kier alpha value is -1.97. The monoisotopic (exact) mass is 501 g/mol. The molecule has 0 aliphatic carbocycles. The van der Waals surface area contributed by atoms with Crippen LogP contribution in [0.5, 0.6) is 11.5 Å². The summed E-state index contributed by atoms with van der Waals surface area (Å²) in [4.78, 5) is 4.26. The maximum Gasteiger partial charge on any atom is 0.190 e. The second kappa shape index (κ2) is 14.1. The van der Waals surface area contributed by atoms with Gasteiger partial charge in [-0.1, -0.05) is 6.07 Å². The molecular weight excluding hydrogens is 469 g/mol. The number of methoxy groups -OCH3 is 1. The molecule has 0 saturated heterocycles. The third-order valence-electron chi connectivity index (χ3n) is 4.10. The number of nitrogens with one attached hydrogen (secondary N) is 2. The van der Waals surface area contributed by atoms with E-state index in [0.29, 0.717) is 6.61 Å². The van der Waals surface area contributed by atoms with E-state index in [1.807, 2.05) is 29.9 Å². The topological polar surface area (TPSA) is 72.7 Å². The molecule has 1 heterocycles. The van der Waals surface area contributed by atoms with Gasteiger partial charge in [-0.25, -0.2) is 0 Å². The van der Waals surface area contributed by atoms with Crippen molar-refractivity contribution in [1.82, 2.24) is 20.4 Å². The molecule has 0 fully saturated rings. The largest absolute Gasteiger partial charge is 0.493 e. The van der Waals surface area contributed by atoms with Crippen molar-refractivity contribution in [2.24, 2.45) is 4.99 Å². The predicted molar refractivity (Wildman–Crippen MR) is 124 cm³/mol. The van der Waals surface area contributed by atoms with Crippen molar-refractivity contribution in [3.63, 3.8) is 0 Å². The van der Waals surface area contributed by atoms with Crippen LogP contribution in [0.15, 0.2) is 41.7 Å². The van der Waals surface area contributed by atoms with E-state index in [1.165, 1.54) is 5.56 Å². The highest BCUT2D eigenvalue weighted by molar-refractivity contribution is 14.0. The van der Waals surface area contributed by atoms with Crippen molar-refractivity contribution >= 4 is 29.9 Å². The van der Waals surface area contributed by atoms with Gasteiger partial charge in [-0.05, 0) is 49.9 Å². The van der Waals surface area contributed by atoms with Crippen molar-refractivity contribution in [2.75, 3.05) is 33.9 Å². The summed E-state index contributed by atoms with van der Waals surface area (Å²) in [5.74, 6) is 2.42. The summed E-state index contributed by atoms with van der Waals surface area (Å²) >= 11 is 0. The standard InChI is InChI=1S/C20H31N5O2.HI/c1-4-27-19-16-17(9-10-18(19)26-3)8-5-11-22-20(21-2)23-12-6-14-25-15-7-13-24-25;/h7,9-10,13,15-16H,4-6,8,11-12,14H2,1-3H3,(H2,21,22,23);1H. The number of benzene rings is 1. The number of hydrogen-bond donors (Lipinski definition) is 2. The van der Waals surface area contributed by atoms with Crippen molar-refractivity contribution < 1.29 is 9.47 Å². The lowest BCUT2D eigenvalue weighted by molar-refractivity contribution is 0.310. The Morgan fingerprint density at radius 1 is 1.18 bits per heavy atom. The van der Waals surface area contributed by atoms with Crippen LogP contribution in [0.25, 0.3) is 0 Å². The molecule has 0 unspecified atom stereocenters. The van der Waals surface area contributed by atoms with E-state index < -0.39 is 0 Å². The van der Waals surface area contributed by atoms with Crippen LogP contribution in [-0.2, 0) is 13.0 Å². The first-order chi connectivity index (χ1) is 13.3. The number of ether oxygens (including phenoxy) is 2. The first kappa shape index (κ1) is 24.1. The van der Waals surface area contributed by atoms with Gasteiger partial charge in [0.05, 0.1) is 13.7 Å².